The van der Waals surface area contributed by atoms with Crippen LogP contribution in [0.1, 0.15) is 62.8 Å². The molecule has 0 saturated heterocycles. The Morgan fingerprint density at radius 1 is 1.00 bits per heavy atom. The van der Waals surface area contributed by atoms with Gasteiger partial charge in [0.05, 0.1) is 11.4 Å². The maximum Gasteiger partial charge on any atom is 0.180 e. The van der Waals surface area contributed by atoms with Crippen LogP contribution in [-0.4, -0.2) is 22.1 Å². The molecular weight excluding hydrogens is 344 g/mol. The maximum atomic E-state index is 12.2. The van der Waals surface area contributed by atoms with Crippen LogP contribution < -0.4 is 0 Å². The quantitative estimate of drug-likeness (QED) is 0.630. The summed E-state index contributed by atoms with van der Waals surface area (Å²) in [5.41, 5.74) is 6.47. The van der Waals surface area contributed by atoms with E-state index in [1.54, 1.807) is 11.6 Å². The summed E-state index contributed by atoms with van der Waals surface area (Å²) in [6.45, 7) is 0. The van der Waals surface area contributed by atoms with E-state index in [1.165, 1.54) is 49.8 Å². The van der Waals surface area contributed by atoms with E-state index in [0.717, 1.165) is 24.3 Å². The Kier molecular flexibility index (Phi) is 3.56. The lowest BCUT2D eigenvalue weighted by atomic mass is 9.62. The number of hydrogen-bond acceptors (Lipinski definition) is 3. The van der Waals surface area contributed by atoms with Crippen LogP contribution in [0.2, 0.25) is 0 Å². The first-order valence-corrected chi connectivity index (χ1v) is 10.9. The molecule has 0 amide bonds. The fraction of sp³-hybridized carbons (Fsp3) is 0.440. The van der Waals surface area contributed by atoms with Gasteiger partial charge in [-0.3, -0.25) is 9.79 Å². The molecule has 0 N–H and O–H groups in total. The van der Waals surface area contributed by atoms with E-state index in [4.69, 9.17) is 4.99 Å². The molecule has 0 aromatic heterocycles. The molecule has 3 nitrogen and oxygen atoms in total. The van der Waals surface area contributed by atoms with Gasteiger partial charge in [0, 0.05) is 23.6 Å². The van der Waals surface area contributed by atoms with Crippen molar-refractivity contribution in [3.63, 3.8) is 0 Å². The second kappa shape index (κ2) is 6.04. The van der Waals surface area contributed by atoms with Gasteiger partial charge < -0.3 is 4.90 Å². The Hall–Kier alpha value is -2.42. The highest BCUT2D eigenvalue weighted by molar-refractivity contribution is 6.20. The molecule has 1 saturated carbocycles. The van der Waals surface area contributed by atoms with Crippen molar-refractivity contribution in [2.24, 2.45) is 10.9 Å². The molecule has 28 heavy (non-hydrogen) atoms. The molecule has 3 aliphatic carbocycles. The predicted octanol–water partition coefficient (Wildman–Crippen LogP) is 5.28. The summed E-state index contributed by atoms with van der Waals surface area (Å²) in [6.07, 6.45) is 15.1. The molecule has 142 valence electrons. The zero-order valence-corrected chi connectivity index (χ0v) is 16.2. The first-order chi connectivity index (χ1) is 13.8. The molecule has 1 spiro atoms. The summed E-state index contributed by atoms with van der Waals surface area (Å²) in [5, 5.41) is 0. The third-order valence-electron chi connectivity index (χ3n) is 7.48. The van der Waals surface area contributed by atoms with Crippen molar-refractivity contribution in [1.29, 1.82) is 0 Å². The van der Waals surface area contributed by atoms with Gasteiger partial charge in [-0.15, -0.1) is 0 Å². The minimum Gasteiger partial charge on any atom is -0.318 e. The summed E-state index contributed by atoms with van der Waals surface area (Å²) >= 11 is 0. The highest BCUT2D eigenvalue weighted by Crippen LogP contribution is 2.60. The van der Waals surface area contributed by atoms with E-state index in [1.807, 2.05) is 12.2 Å². The summed E-state index contributed by atoms with van der Waals surface area (Å²) < 4.78 is 0. The average Bonchev–Trinajstić information content (AvgIpc) is 3.06. The Labute approximate surface area is 166 Å². The van der Waals surface area contributed by atoms with Gasteiger partial charge in [-0.1, -0.05) is 36.8 Å². The third kappa shape index (κ3) is 2.16. The van der Waals surface area contributed by atoms with E-state index in [2.05, 4.69) is 35.2 Å². The molecule has 2 aliphatic heterocycles. The van der Waals surface area contributed by atoms with Crippen LogP contribution in [0, 0.1) is 5.92 Å². The van der Waals surface area contributed by atoms with Crippen LogP contribution in [0.5, 0.6) is 0 Å². The van der Waals surface area contributed by atoms with E-state index in [-0.39, 0.29) is 11.4 Å². The van der Waals surface area contributed by atoms with Gasteiger partial charge in [-0.2, -0.15) is 0 Å². The first-order valence-electron chi connectivity index (χ1n) is 10.9. The van der Waals surface area contributed by atoms with Crippen molar-refractivity contribution in [2.75, 3.05) is 0 Å². The molecule has 0 bridgehead atoms. The summed E-state index contributed by atoms with van der Waals surface area (Å²) in [6, 6.07) is 11.1. The predicted molar refractivity (Wildman–Crippen MR) is 111 cm³/mol. The number of ketones is 1. The second-order valence-electron chi connectivity index (χ2n) is 8.90. The van der Waals surface area contributed by atoms with Gasteiger partial charge in [0.2, 0.25) is 0 Å². The van der Waals surface area contributed by atoms with Crippen LogP contribution >= 0.6 is 0 Å². The molecule has 3 atom stereocenters. The number of hydrogen-bond donors (Lipinski definition) is 0. The smallest absolute Gasteiger partial charge is 0.180 e. The standard InChI is InChI=1S/C25H26N2O/c28-18-13-14-21-23(16-18)27-22-12-5-4-10-19(22)24(17-8-2-1-3-9-17)20-11-6-7-15-25(20,27)26-21/h1-3,8-9,13-14,16,20,24H,4-7,10-12,15H2. The first kappa shape index (κ1) is 16.5. The Bertz CT molecular complexity index is 968. The molecule has 0 radical (unpaired) electrons. The second-order valence-corrected chi connectivity index (χ2v) is 8.90. The minimum atomic E-state index is -0.189. The fourth-order valence-corrected chi connectivity index (χ4v) is 6.48. The molecule has 1 aromatic carbocycles. The summed E-state index contributed by atoms with van der Waals surface area (Å²) in [7, 11) is 0. The lowest BCUT2D eigenvalue weighted by molar-refractivity contribution is -0.110. The number of benzene rings is 1. The Morgan fingerprint density at radius 2 is 1.86 bits per heavy atom. The largest absolute Gasteiger partial charge is 0.318 e. The number of allylic oxidation sites excluding steroid dienone is 5. The van der Waals surface area contributed by atoms with Crippen molar-refractivity contribution in [2.45, 2.75) is 62.9 Å². The van der Waals surface area contributed by atoms with E-state index < -0.39 is 0 Å². The van der Waals surface area contributed by atoms with E-state index in [9.17, 15) is 4.79 Å². The molecule has 5 aliphatic rings. The third-order valence-corrected chi connectivity index (χ3v) is 7.48. The summed E-state index contributed by atoms with van der Waals surface area (Å²) in [4.78, 5) is 20.2. The van der Waals surface area contributed by atoms with Gasteiger partial charge in [0.1, 0.15) is 5.66 Å². The minimum absolute atomic E-state index is 0.0986. The topological polar surface area (TPSA) is 32.7 Å². The molecule has 3 unspecified atom stereocenters. The molecule has 6 rings (SSSR count). The molecule has 1 fully saturated rings. The number of fused-ring (bicyclic) bond motifs is 3. The normalized spacial score (nSPS) is 33.6. The highest BCUT2D eigenvalue weighted by atomic mass is 16.1. The number of aliphatic imine (C=N–C) groups is 1. The van der Waals surface area contributed by atoms with Crippen molar-refractivity contribution >= 4 is 11.5 Å². The van der Waals surface area contributed by atoms with Crippen LogP contribution in [-0.2, 0) is 4.79 Å². The number of carbonyl (C=O) groups is 1. The lowest BCUT2D eigenvalue weighted by Gasteiger charge is -2.56. The van der Waals surface area contributed by atoms with Crippen LogP contribution in [0.4, 0.5) is 0 Å². The van der Waals surface area contributed by atoms with Gasteiger partial charge in [-0.25, -0.2) is 0 Å². The highest BCUT2D eigenvalue weighted by Gasteiger charge is 2.58. The van der Waals surface area contributed by atoms with Crippen molar-refractivity contribution in [3.8, 4) is 0 Å². The number of nitrogens with zero attached hydrogens (tertiary/aromatic N) is 2. The van der Waals surface area contributed by atoms with Crippen LogP contribution in [0.3, 0.4) is 0 Å². The zero-order chi connectivity index (χ0) is 18.7. The van der Waals surface area contributed by atoms with Gasteiger partial charge >= 0.3 is 0 Å². The van der Waals surface area contributed by atoms with E-state index >= 15 is 0 Å². The van der Waals surface area contributed by atoms with Gasteiger partial charge in [-0.05, 0) is 68.2 Å². The van der Waals surface area contributed by atoms with E-state index in [0.29, 0.717) is 11.8 Å². The van der Waals surface area contributed by atoms with Crippen molar-refractivity contribution < 1.29 is 4.79 Å². The Balaban J connectivity index is 1.61. The van der Waals surface area contributed by atoms with Crippen LogP contribution in [0.15, 0.2) is 70.5 Å². The molecule has 1 aromatic rings. The fourth-order valence-electron chi connectivity index (χ4n) is 6.48. The van der Waals surface area contributed by atoms with Crippen molar-refractivity contribution in [3.05, 3.63) is 71.1 Å². The van der Waals surface area contributed by atoms with Gasteiger partial charge in [0.15, 0.2) is 5.78 Å². The maximum absolute atomic E-state index is 12.2. The molecular formula is C25H26N2O. The Morgan fingerprint density at radius 3 is 2.75 bits per heavy atom. The SMILES string of the molecule is O=C1C=CC2=NC34CCCCC3C(c3ccccc3)C3=C(CCCC3)N4C2=C1. The lowest BCUT2D eigenvalue weighted by Crippen LogP contribution is -2.56. The summed E-state index contributed by atoms with van der Waals surface area (Å²) in [5.74, 6) is 1.06. The number of rotatable bonds is 1. The van der Waals surface area contributed by atoms with Crippen LogP contribution in [0.25, 0.3) is 0 Å². The number of carbonyl (C=O) groups excluding carboxylic acids is 1. The van der Waals surface area contributed by atoms with Gasteiger partial charge in [0.25, 0.3) is 0 Å². The monoisotopic (exact) mass is 370 g/mol. The molecule has 2 heterocycles. The zero-order valence-electron chi connectivity index (χ0n) is 16.2. The molecule has 3 heteroatoms. The van der Waals surface area contributed by atoms with Crippen molar-refractivity contribution in [1.82, 2.24) is 4.90 Å². The average molecular weight is 370 g/mol.